The van der Waals surface area contributed by atoms with Gasteiger partial charge in [0.15, 0.2) is 4.96 Å². The highest BCUT2D eigenvalue weighted by atomic mass is 32.1. The van der Waals surface area contributed by atoms with Crippen LogP contribution >= 0.6 is 11.3 Å². The van der Waals surface area contributed by atoms with Crippen molar-refractivity contribution in [3.05, 3.63) is 74.3 Å². The Hall–Kier alpha value is -3.06. The van der Waals surface area contributed by atoms with Crippen LogP contribution in [0.25, 0.3) is 15.9 Å². The smallest absolute Gasteiger partial charge is 0.339 e. The van der Waals surface area contributed by atoms with Gasteiger partial charge in [0.2, 0.25) is 0 Å². The number of benzene rings is 1. The van der Waals surface area contributed by atoms with Gasteiger partial charge >= 0.3 is 5.97 Å². The minimum absolute atomic E-state index is 0.0389. The Bertz CT molecular complexity index is 1320. The number of aryl methyl sites for hydroxylation is 3. The Kier molecular flexibility index (Phi) is 4.39. The van der Waals surface area contributed by atoms with Gasteiger partial charge in [-0.05, 0) is 44.7 Å². The van der Waals surface area contributed by atoms with Gasteiger partial charge in [-0.2, -0.15) is 0 Å². The second-order valence-electron chi connectivity index (χ2n) is 7.29. The Balaban J connectivity index is 1.44. The van der Waals surface area contributed by atoms with E-state index in [-0.39, 0.29) is 12.2 Å². The van der Waals surface area contributed by atoms with Gasteiger partial charge in [-0.1, -0.05) is 18.2 Å². The monoisotopic (exact) mass is 405 g/mol. The van der Waals surface area contributed by atoms with Crippen LogP contribution in [-0.4, -0.2) is 20.3 Å². The van der Waals surface area contributed by atoms with Crippen molar-refractivity contribution in [2.24, 2.45) is 0 Å². The summed E-state index contributed by atoms with van der Waals surface area (Å²) in [5.74, 6) is -0.445. The molecule has 1 aliphatic carbocycles. The van der Waals surface area contributed by atoms with Gasteiger partial charge in [-0.25, -0.2) is 9.78 Å². The summed E-state index contributed by atoms with van der Waals surface area (Å²) in [4.78, 5) is 36.3. The van der Waals surface area contributed by atoms with Crippen molar-refractivity contribution in [3.8, 4) is 0 Å². The summed E-state index contributed by atoms with van der Waals surface area (Å²) in [7, 11) is 0. The molecule has 7 heteroatoms. The maximum Gasteiger partial charge on any atom is 0.339 e. The molecule has 6 nitrogen and oxygen atoms in total. The zero-order valence-electron chi connectivity index (χ0n) is 16.0. The lowest BCUT2D eigenvalue weighted by Gasteiger charge is -2.10. The molecule has 0 saturated heterocycles. The Morgan fingerprint density at radius 3 is 2.90 bits per heavy atom. The summed E-state index contributed by atoms with van der Waals surface area (Å²) in [5, 5.41) is 0.748. The van der Waals surface area contributed by atoms with Crippen molar-refractivity contribution in [2.75, 3.05) is 0 Å². The van der Waals surface area contributed by atoms with E-state index in [9.17, 15) is 9.59 Å². The molecular weight excluding hydrogens is 386 g/mol. The van der Waals surface area contributed by atoms with Crippen molar-refractivity contribution in [3.63, 3.8) is 0 Å². The van der Waals surface area contributed by atoms with Crippen LogP contribution in [0, 0.1) is 6.92 Å². The van der Waals surface area contributed by atoms with Gasteiger partial charge in [0.05, 0.1) is 16.8 Å². The van der Waals surface area contributed by atoms with Gasteiger partial charge in [0, 0.05) is 27.7 Å². The average Bonchev–Trinajstić information content (AvgIpc) is 3.10. The molecule has 29 heavy (non-hydrogen) atoms. The normalized spacial score (nSPS) is 13.6. The molecule has 1 aliphatic rings. The number of carbonyl (C=O) groups excluding carboxylic acids is 1. The van der Waals surface area contributed by atoms with Crippen LogP contribution in [0.15, 0.2) is 41.2 Å². The first-order chi connectivity index (χ1) is 14.1. The largest absolute Gasteiger partial charge is 0.456 e. The molecule has 5 rings (SSSR count). The van der Waals surface area contributed by atoms with E-state index in [2.05, 4.69) is 9.97 Å². The summed E-state index contributed by atoms with van der Waals surface area (Å²) in [6.07, 6.45) is 4.17. The molecule has 0 amide bonds. The minimum atomic E-state index is -0.445. The molecule has 0 aliphatic heterocycles. The van der Waals surface area contributed by atoms with E-state index in [0.717, 1.165) is 48.0 Å². The molecule has 0 bridgehead atoms. The van der Waals surface area contributed by atoms with Crippen LogP contribution < -0.4 is 5.56 Å². The standard InChI is InChI=1S/C22H19N3O3S/c1-13-10-16(15-6-2-3-7-17(15)23-13)21(27)28-12-14-11-20(26)25-18-8-4-5-9-19(18)29-22(25)24-14/h2-3,6-7,10-11H,4-5,8-9,12H2,1H3. The number of para-hydroxylation sites is 1. The minimum Gasteiger partial charge on any atom is -0.456 e. The highest BCUT2D eigenvalue weighted by Crippen LogP contribution is 2.28. The van der Waals surface area contributed by atoms with E-state index in [4.69, 9.17) is 4.74 Å². The summed E-state index contributed by atoms with van der Waals surface area (Å²) in [6, 6.07) is 10.7. The summed E-state index contributed by atoms with van der Waals surface area (Å²) in [5.41, 5.74) is 3.43. The van der Waals surface area contributed by atoms with Crippen molar-refractivity contribution < 1.29 is 9.53 Å². The number of hydrogen-bond acceptors (Lipinski definition) is 6. The molecule has 1 aromatic carbocycles. The van der Waals surface area contributed by atoms with Gasteiger partial charge in [-0.3, -0.25) is 14.2 Å². The summed E-state index contributed by atoms with van der Waals surface area (Å²) < 4.78 is 7.22. The highest BCUT2D eigenvalue weighted by molar-refractivity contribution is 7.17. The second kappa shape index (κ2) is 7.08. The molecule has 0 spiro atoms. The van der Waals surface area contributed by atoms with Crippen molar-refractivity contribution in [1.29, 1.82) is 0 Å². The average molecular weight is 405 g/mol. The molecule has 146 valence electrons. The molecule has 3 aromatic heterocycles. The van der Waals surface area contributed by atoms with Gasteiger partial charge in [0.25, 0.3) is 5.56 Å². The Labute approximate surface area is 170 Å². The third kappa shape index (κ3) is 3.21. The maximum atomic E-state index is 12.7. The van der Waals surface area contributed by atoms with Crippen molar-refractivity contribution in [1.82, 2.24) is 14.4 Å². The number of aromatic nitrogens is 3. The molecule has 4 aromatic rings. The van der Waals surface area contributed by atoms with Crippen LogP contribution in [-0.2, 0) is 24.2 Å². The first-order valence-electron chi connectivity index (χ1n) is 9.67. The number of esters is 1. The number of pyridine rings is 1. The molecule has 0 atom stereocenters. The lowest BCUT2D eigenvalue weighted by atomic mass is 10.0. The van der Waals surface area contributed by atoms with Crippen LogP contribution in [0.2, 0.25) is 0 Å². The van der Waals surface area contributed by atoms with Crippen LogP contribution in [0.1, 0.15) is 45.2 Å². The number of ether oxygens (including phenoxy) is 1. The van der Waals surface area contributed by atoms with Gasteiger partial charge in [0.1, 0.15) is 6.61 Å². The predicted octanol–water partition coefficient (Wildman–Crippen LogP) is 3.85. The molecule has 0 saturated carbocycles. The summed E-state index contributed by atoms with van der Waals surface area (Å²) >= 11 is 1.57. The van der Waals surface area contributed by atoms with Crippen molar-refractivity contribution in [2.45, 2.75) is 39.2 Å². The zero-order valence-corrected chi connectivity index (χ0v) is 16.8. The van der Waals surface area contributed by atoms with E-state index in [1.54, 1.807) is 21.8 Å². The highest BCUT2D eigenvalue weighted by Gasteiger charge is 2.19. The molecule has 3 heterocycles. The fourth-order valence-electron chi connectivity index (χ4n) is 3.91. The van der Waals surface area contributed by atoms with E-state index in [1.807, 2.05) is 31.2 Å². The van der Waals surface area contributed by atoms with E-state index >= 15 is 0 Å². The first kappa shape index (κ1) is 18.0. The van der Waals surface area contributed by atoms with Crippen LogP contribution in [0.4, 0.5) is 0 Å². The Morgan fingerprint density at radius 2 is 2.00 bits per heavy atom. The lowest BCUT2D eigenvalue weighted by molar-refractivity contribution is 0.0470. The zero-order chi connectivity index (χ0) is 20.0. The molecular formula is C22H19N3O3S. The predicted molar refractivity (Wildman–Crippen MR) is 112 cm³/mol. The number of nitrogens with zero attached hydrogens (tertiary/aromatic N) is 3. The molecule has 0 fully saturated rings. The summed E-state index contributed by atoms with van der Waals surface area (Å²) in [6.45, 7) is 1.81. The molecule has 0 unspecified atom stereocenters. The SMILES string of the molecule is Cc1cc(C(=O)OCc2cc(=O)n3c4c(sc3n2)CCCC4)c2ccccc2n1. The number of fused-ring (bicyclic) bond motifs is 4. The van der Waals surface area contributed by atoms with Crippen LogP contribution in [0.3, 0.4) is 0 Å². The fraction of sp³-hybridized carbons (Fsp3) is 0.273. The van der Waals surface area contributed by atoms with E-state index < -0.39 is 5.97 Å². The Morgan fingerprint density at radius 1 is 1.17 bits per heavy atom. The number of rotatable bonds is 3. The van der Waals surface area contributed by atoms with Gasteiger partial charge in [-0.15, -0.1) is 11.3 Å². The fourth-order valence-corrected chi connectivity index (χ4v) is 5.14. The third-order valence-corrected chi connectivity index (χ3v) is 6.37. The number of thiazole rings is 1. The first-order valence-corrected chi connectivity index (χ1v) is 10.5. The maximum absolute atomic E-state index is 12.7. The van der Waals surface area contributed by atoms with Gasteiger partial charge < -0.3 is 4.74 Å². The molecule has 0 N–H and O–H groups in total. The topological polar surface area (TPSA) is 73.6 Å². The van der Waals surface area contributed by atoms with Crippen molar-refractivity contribution >= 4 is 33.2 Å². The van der Waals surface area contributed by atoms with E-state index in [0.29, 0.717) is 16.2 Å². The van der Waals surface area contributed by atoms with E-state index in [1.165, 1.54) is 10.9 Å². The van der Waals surface area contributed by atoms with Crippen LogP contribution in [0.5, 0.6) is 0 Å². The molecule has 0 radical (unpaired) electrons. The second-order valence-corrected chi connectivity index (χ2v) is 8.35. The third-order valence-electron chi connectivity index (χ3n) is 5.23. The quantitative estimate of drug-likeness (QED) is 0.484. The lowest BCUT2D eigenvalue weighted by Crippen LogP contribution is -2.18. The number of carbonyl (C=O) groups is 1. The number of hydrogen-bond donors (Lipinski definition) is 0.